The molecule has 1 aromatic carbocycles. The van der Waals surface area contributed by atoms with E-state index < -0.39 is 0 Å². The number of rotatable bonds is 4. The Labute approximate surface area is 109 Å². The van der Waals surface area contributed by atoms with Crippen LogP contribution in [0.15, 0.2) is 30.3 Å². The first-order valence-electron chi connectivity index (χ1n) is 6.74. The highest BCUT2D eigenvalue weighted by Crippen LogP contribution is 2.21. The Hall–Kier alpha value is -1.35. The van der Waals surface area contributed by atoms with Gasteiger partial charge in [-0.05, 0) is 31.7 Å². The van der Waals surface area contributed by atoms with E-state index in [-0.39, 0.29) is 11.8 Å². The van der Waals surface area contributed by atoms with Gasteiger partial charge in [0.05, 0.1) is 5.92 Å². The lowest BCUT2D eigenvalue weighted by Crippen LogP contribution is -2.46. The zero-order valence-electron chi connectivity index (χ0n) is 11.0. The Bertz CT molecular complexity index is 391. The molecule has 0 radical (unpaired) electrons. The molecule has 3 heteroatoms. The lowest BCUT2D eigenvalue weighted by Gasteiger charge is -2.36. The molecule has 1 aliphatic rings. The van der Waals surface area contributed by atoms with Crippen LogP contribution in [0, 0.1) is 5.92 Å². The van der Waals surface area contributed by atoms with E-state index in [0.29, 0.717) is 6.04 Å². The van der Waals surface area contributed by atoms with E-state index in [1.54, 1.807) is 0 Å². The third-order valence-corrected chi connectivity index (χ3v) is 3.94. The summed E-state index contributed by atoms with van der Waals surface area (Å²) in [6, 6.07) is 11.0. The third kappa shape index (κ3) is 3.33. The second-order valence-electron chi connectivity index (χ2n) is 5.26. The minimum Gasteiger partial charge on any atom is -0.369 e. The van der Waals surface area contributed by atoms with Crippen molar-refractivity contribution in [1.29, 1.82) is 0 Å². The van der Waals surface area contributed by atoms with Gasteiger partial charge in [-0.1, -0.05) is 30.3 Å². The van der Waals surface area contributed by atoms with Gasteiger partial charge in [0.2, 0.25) is 5.91 Å². The molecule has 1 aromatic rings. The fourth-order valence-corrected chi connectivity index (χ4v) is 2.64. The first-order chi connectivity index (χ1) is 8.66. The molecule has 0 aromatic heterocycles. The van der Waals surface area contributed by atoms with E-state index in [2.05, 4.69) is 36.1 Å². The van der Waals surface area contributed by atoms with E-state index in [0.717, 1.165) is 32.4 Å². The maximum Gasteiger partial charge on any atom is 0.221 e. The predicted molar refractivity (Wildman–Crippen MR) is 73.1 cm³/mol. The molecule has 0 saturated carbocycles. The minimum absolute atomic E-state index is 0.0389. The molecule has 1 amide bonds. The van der Waals surface area contributed by atoms with Crippen LogP contribution in [-0.4, -0.2) is 29.9 Å². The Morgan fingerprint density at radius 1 is 1.33 bits per heavy atom. The van der Waals surface area contributed by atoms with Crippen molar-refractivity contribution in [3.05, 3.63) is 35.9 Å². The summed E-state index contributed by atoms with van der Waals surface area (Å²) in [5.74, 6) is -0.108. The van der Waals surface area contributed by atoms with Crippen LogP contribution in [0.3, 0.4) is 0 Å². The van der Waals surface area contributed by atoms with Crippen molar-refractivity contribution in [3.63, 3.8) is 0 Å². The topological polar surface area (TPSA) is 46.3 Å². The van der Waals surface area contributed by atoms with Crippen LogP contribution in [-0.2, 0) is 11.2 Å². The highest BCUT2D eigenvalue weighted by Gasteiger charge is 2.27. The summed E-state index contributed by atoms with van der Waals surface area (Å²) >= 11 is 0. The summed E-state index contributed by atoms with van der Waals surface area (Å²) in [5.41, 5.74) is 6.77. The van der Waals surface area contributed by atoms with E-state index in [9.17, 15) is 4.79 Å². The summed E-state index contributed by atoms with van der Waals surface area (Å²) in [4.78, 5) is 13.7. The molecule has 1 fully saturated rings. The predicted octanol–water partition coefficient (Wildman–Crippen LogP) is 1.81. The van der Waals surface area contributed by atoms with E-state index in [1.807, 2.05) is 6.07 Å². The lowest BCUT2D eigenvalue weighted by molar-refractivity contribution is -0.123. The number of carbonyl (C=O) groups is 1. The fraction of sp³-hybridized carbons (Fsp3) is 0.533. The molecule has 1 aliphatic heterocycles. The van der Waals surface area contributed by atoms with Gasteiger partial charge in [-0.25, -0.2) is 0 Å². The van der Waals surface area contributed by atoms with Crippen LogP contribution in [0.5, 0.6) is 0 Å². The van der Waals surface area contributed by atoms with Crippen LogP contribution in [0.25, 0.3) is 0 Å². The largest absolute Gasteiger partial charge is 0.369 e. The van der Waals surface area contributed by atoms with Crippen molar-refractivity contribution >= 4 is 5.91 Å². The number of nitrogens with zero attached hydrogens (tertiary/aromatic N) is 1. The van der Waals surface area contributed by atoms with E-state index in [4.69, 9.17) is 5.73 Å². The van der Waals surface area contributed by atoms with Crippen LogP contribution < -0.4 is 5.73 Å². The van der Waals surface area contributed by atoms with Gasteiger partial charge in [0, 0.05) is 19.1 Å². The minimum atomic E-state index is -0.147. The van der Waals surface area contributed by atoms with Crippen molar-refractivity contribution in [2.45, 2.75) is 32.2 Å². The number of hydrogen-bond acceptors (Lipinski definition) is 2. The van der Waals surface area contributed by atoms with E-state index >= 15 is 0 Å². The van der Waals surface area contributed by atoms with Gasteiger partial charge in [-0.2, -0.15) is 0 Å². The van der Waals surface area contributed by atoms with Gasteiger partial charge in [0.1, 0.15) is 0 Å². The first-order valence-corrected chi connectivity index (χ1v) is 6.74. The van der Waals surface area contributed by atoms with Crippen molar-refractivity contribution in [3.8, 4) is 0 Å². The second-order valence-corrected chi connectivity index (χ2v) is 5.26. The standard InChI is InChI=1S/C15H22N2O/c1-12-7-8-14(15(16)18)11-17(12)10-9-13-5-3-2-4-6-13/h2-6,12,14H,7-11H2,1H3,(H2,16,18)/t12-,14-/m1/s1. The molecular weight excluding hydrogens is 224 g/mol. The Morgan fingerprint density at radius 3 is 2.72 bits per heavy atom. The fourth-order valence-electron chi connectivity index (χ4n) is 2.64. The lowest BCUT2D eigenvalue weighted by atomic mass is 9.92. The highest BCUT2D eigenvalue weighted by atomic mass is 16.1. The molecule has 2 atom stereocenters. The summed E-state index contributed by atoms with van der Waals surface area (Å²) < 4.78 is 0. The molecule has 3 nitrogen and oxygen atoms in total. The monoisotopic (exact) mass is 246 g/mol. The first kappa shape index (κ1) is 13.1. The smallest absolute Gasteiger partial charge is 0.221 e. The van der Waals surface area contributed by atoms with Crippen LogP contribution in [0.2, 0.25) is 0 Å². The third-order valence-electron chi connectivity index (χ3n) is 3.94. The zero-order chi connectivity index (χ0) is 13.0. The van der Waals surface area contributed by atoms with Gasteiger partial charge >= 0.3 is 0 Å². The summed E-state index contributed by atoms with van der Waals surface area (Å²) in [5, 5.41) is 0. The number of benzene rings is 1. The zero-order valence-corrected chi connectivity index (χ0v) is 11.0. The average molecular weight is 246 g/mol. The van der Waals surface area contributed by atoms with Gasteiger partial charge in [-0.3, -0.25) is 9.69 Å². The maximum atomic E-state index is 11.3. The summed E-state index contributed by atoms with van der Waals surface area (Å²) in [6.45, 7) is 4.07. The molecule has 2 rings (SSSR count). The molecule has 0 bridgehead atoms. The van der Waals surface area contributed by atoms with Gasteiger partial charge in [0.15, 0.2) is 0 Å². The molecule has 0 aliphatic carbocycles. The average Bonchev–Trinajstić information content (AvgIpc) is 2.38. The second kappa shape index (κ2) is 6.01. The number of likely N-dealkylation sites (tertiary alicyclic amines) is 1. The summed E-state index contributed by atoms with van der Waals surface area (Å²) in [7, 11) is 0. The Kier molecular flexibility index (Phi) is 4.37. The quantitative estimate of drug-likeness (QED) is 0.880. The van der Waals surface area contributed by atoms with E-state index in [1.165, 1.54) is 5.56 Å². The number of nitrogens with two attached hydrogens (primary N) is 1. The van der Waals surface area contributed by atoms with Crippen LogP contribution in [0.4, 0.5) is 0 Å². The molecular formula is C15H22N2O. The van der Waals surface area contributed by atoms with Crippen molar-refractivity contribution in [1.82, 2.24) is 4.90 Å². The number of hydrogen-bond donors (Lipinski definition) is 1. The highest BCUT2D eigenvalue weighted by molar-refractivity contribution is 5.76. The Morgan fingerprint density at radius 2 is 2.06 bits per heavy atom. The SMILES string of the molecule is C[C@@H]1CC[C@@H](C(N)=O)CN1CCc1ccccc1. The molecule has 2 N–H and O–H groups in total. The molecule has 0 unspecified atom stereocenters. The molecule has 98 valence electrons. The van der Waals surface area contributed by atoms with Gasteiger partial charge in [-0.15, -0.1) is 0 Å². The molecule has 0 spiro atoms. The number of piperidine rings is 1. The van der Waals surface area contributed by atoms with Gasteiger partial charge in [0.25, 0.3) is 0 Å². The number of amides is 1. The van der Waals surface area contributed by atoms with Crippen LogP contribution in [0.1, 0.15) is 25.3 Å². The van der Waals surface area contributed by atoms with Crippen molar-refractivity contribution < 1.29 is 4.79 Å². The number of carbonyl (C=O) groups excluding carboxylic acids is 1. The van der Waals surface area contributed by atoms with Crippen molar-refractivity contribution in [2.75, 3.05) is 13.1 Å². The molecule has 1 heterocycles. The van der Waals surface area contributed by atoms with Gasteiger partial charge < -0.3 is 5.73 Å². The van der Waals surface area contributed by atoms with Crippen molar-refractivity contribution in [2.24, 2.45) is 11.7 Å². The number of primary amides is 1. The maximum absolute atomic E-state index is 11.3. The summed E-state index contributed by atoms with van der Waals surface area (Å²) in [6.07, 6.45) is 3.05. The van der Waals surface area contributed by atoms with Crippen LogP contribution >= 0.6 is 0 Å². The normalized spacial score (nSPS) is 24.9. The molecule has 1 saturated heterocycles. The molecule has 18 heavy (non-hydrogen) atoms. The Balaban J connectivity index is 1.89.